The van der Waals surface area contributed by atoms with Crippen molar-refractivity contribution in [1.82, 2.24) is 5.32 Å². The second kappa shape index (κ2) is 5.00. The maximum atomic E-state index is 11.7. The van der Waals surface area contributed by atoms with Gasteiger partial charge in [-0.25, -0.2) is 0 Å². The first-order valence-corrected chi connectivity index (χ1v) is 7.97. The van der Waals surface area contributed by atoms with Crippen molar-refractivity contribution >= 4 is 17.5 Å². The lowest BCUT2D eigenvalue weighted by Crippen LogP contribution is -2.50. The van der Waals surface area contributed by atoms with E-state index < -0.39 is 0 Å². The highest BCUT2D eigenvalue weighted by atomic mass is 16.5. The van der Waals surface area contributed by atoms with Gasteiger partial charge in [-0.1, -0.05) is 0 Å². The number of benzene rings is 1. The van der Waals surface area contributed by atoms with E-state index in [1.54, 1.807) is 0 Å². The molecule has 22 heavy (non-hydrogen) atoms. The third kappa shape index (κ3) is 2.34. The molecule has 0 saturated carbocycles. The summed E-state index contributed by atoms with van der Waals surface area (Å²) in [5.74, 6) is 0.783. The molecule has 2 amide bonds. The van der Waals surface area contributed by atoms with Crippen molar-refractivity contribution in [3.63, 3.8) is 0 Å². The number of hydrogen-bond donors (Lipinski definition) is 1. The summed E-state index contributed by atoms with van der Waals surface area (Å²) in [6.45, 7) is 2.58. The number of nitrogens with zero attached hydrogens (tertiary/aromatic N) is 1. The minimum atomic E-state index is -0.115. The molecule has 2 saturated heterocycles. The van der Waals surface area contributed by atoms with Gasteiger partial charge in [0.2, 0.25) is 11.8 Å². The van der Waals surface area contributed by atoms with Crippen LogP contribution in [0.2, 0.25) is 0 Å². The Morgan fingerprint density at radius 2 is 1.82 bits per heavy atom. The predicted octanol–water partition coefficient (Wildman–Crippen LogP) is 1.64. The monoisotopic (exact) mass is 300 g/mol. The summed E-state index contributed by atoms with van der Waals surface area (Å²) in [5.41, 5.74) is 2.39. The van der Waals surface area contributed by atoms with Gasteiger partial charge >= 0.3 is 0 Å². The SMILES string of the molecule is O=C1CC2(CCN(c3ccc4c(c3)CCO4)CC2)CC(=O)N1. The van der Waals surface area contributed by atoms with Crippen LogP contribution in [0, 0.1) is 5.41 Å². The van der Waals surface area contributed by atoms with E-state index in [2.05, 4.69) is 28.4 Å². The molecule has 1 spiro atoms. The molecule has 3 aliphatic rings. The van der Waals surface area contributed by atoms with Crippen LogP contribution in [0.4, 0.5) is 5.69 Å². The minimum Gasteiger partial charge on any atom is -0.493 e. The Morgan fingerprint density at radius 3 is 2.55 bits per heavy atom. The number of carbonyl (C=O) groups excluding carboxylic acids is 2. The average molecular weight is 300 g/mol. The first-order valence-electron chi connectivity index (χ1n) is 7.97. The van der Waals surface area contributed by atoms with E-state index in [0.717, 1.165) is 44.7 Å². The molecule has 2 fully saturated rings. The predicted molar refractivity (Wildman–Crippen MR) is 81.9 cm³/mol. The molecule has 1 aromatic carbocycles. The second-order valence-electron chi connectivity index (χ2n) is 6.70. The number of carbonyl (C=O) groups is 2. The molecule has 0 atom stereocenters. The Bertz CT molecular complexity index is 615. The third-order valence-corrected chi connectivity index (χ3v) is 5.21. The number of fused-ring (bicyclic) bond motifs is 1. The molecular weight excluding hydrogens is 280 g/mol. The van der Waals surface area contributed by atoms with Gasteiger partial charge in [0.15, 0.2) is 0 Å². The van der Waals surface area contributed by atoms with Crippen molar-refractivity contribution in [2.24, 2.45) is 5.41 Å². The molecule has 3 heterocycles. The van der Waals surface area contributed by atoms with Crippen LogP contribution < -0.4 is 15.0 Å². The van der Waals surface area contributed by atoms with Crippen LogP contribution in [0.25, 0.3) is 0 Å². The van der Waals surface area contributed by atoms with Gasteiger partial charge in [0.1, 0.15) is 5.75 Å². The zero-order valence-corrected chi connectivity index (χ0v) is 12.6. The minimum absolute atomic E-state index is 0.112. The molecule has 5 nitrogen and oxygen atoms in total. The van der Waals surface area contributed by atoms with Crippen LogP contribution in [0.15, 0.2) is 18.2 Å². The Kier molecular flexibility index (Phi) is 3.10. The van der Waals surface area contributed by atoms with Crippen LogP contribution in [0.1, 0.15) is 31.2 Å². The number of hydrogen-bond acceptors (Lipinski definition) is 4. The number of piperidine rings is 2. The molecule has 0 radical (unpaired) electrons. The largest absolute Gasteiger partial charge is 0.493 e. The maximum absolute atomic E-state index is 11.7. The molecule has 0 bridgehead atoms. The quantitative estimate of drug-likeness (QED) is 0.801. The molecule has 116 valence electrons. The first-order chi connectivity index (χ1) is 10.6. The summed E-state index contributed by atoms with van der Waals surface area (Å²) in [6.07, 6.45) is 3.77. The highest BCUT2D eigenvalue weighted by Gasteiger charge is 2.41. The third-order valence-electron chi connectivity index (χ3n) is 5.21. The van der Waals surface area contributed by atoms with E-state index in [0.29, 0.717) is 12.8 Å². The highest BCUT2D eigenvalue weighted by molar-refractivity contribution is 5.98. The summed E-state index contributed by atoms with van der Waals surface area (Å²) in [4.78, 5) is 25.7. The molecule has 1 N–H and O–H groups in total. The summed E-state index contributed by atoms with van der Waals surface area (Å²) in [5, 5.41) is 2.42. The van der Waals surface area contributed by atoms with Gasteiger partial charge in [-0.15, -0.1) is 0 Å². The summed E-state index contributed by atoms with van der Waals surface area (Å²) < 4.78 is 5.55. The number of nitrogens with one attached hydrogen (secondary N) is 1. The number of imide groups is 1. The second-order valence-corrected chi connectivity index (χ2v) is 6.70. The molecule has 0 aromatic heterocycles. The van der Waals surface area contributed by atoms with E-state index in [1.807, 2.05) is 0 Å². The Hall–Kier alpha value is -2.04. The van der Waals surface area contributed by atoms with E-state index in [-0.39, 0.29) is 17.2 Å². The van der Waals surface area contributed by atoms with E-state index in [9.17, 15) is 9.59 Å². The van der Waals surface area contributed by atoms with Crippen LogP contribution in [0.3, 0.4) is 0 Å². The Labute approximate surface area is 129 Å². The molecule has 0 aliphatic carbocycles. The number of ether oxygens (including phenoxy) is 1. The van der Waals surface area contributed by atoms with E-state index in [4.69, 9.17) is 4.74 Å². The lowest BCUT2D eigenvalue weighted by atomic mass is 9.71. The van der Waals surface area contributed by atoms with E-state index >= 15 is 0 Å². The topological polar surface area (TPSA) is 58.6 Å². The zero-order valence-electron chi connectivity index (χ0n) is 12.6. The van der Waals surface area contributed by atoms with Crippen molar-refractivity contribution in [2.45, 2.75) is 32.1 Å². The maximum Gasteiger partial charge on any atom is 0.227 e. The van der Waals surface area contributed by atoms with Crippen molar-refractivity contribution in [3.8, 4) is 5.75 Å². The zero-order chi connectivity index (χ0) is 15.2. The fraction of sp³-hybridized carbons (Fsp3) is 0.529. The number of rotatable bonds is 1. The van der Waals surface area contributed by atoms with Crippen LogP contribution >= 0.6 is 0 Å². The fourth-order valence-corrected chi connectivity index (χ4v) is 3.95. The van der Waals surface area contributed by atoms with Crippen LogP contribution in [-0.4, -0.2) is 31.5 Å². The normalized spacial score (nSPS) is 23.2. The first kappa shape index (κ1) is 13.6. The molecule has 5 heteroatoms. The van der Waals surface area contributed by atoms with E-state index in [1.165, 1.54) is 11.3 Å². The molecule has 3 aliphatic heterocycles. The van der Waals surface area contributed by atoms with Crippen molar-refractivity contribution in [3.05, 3.63) is 23.8 Å². The number of anilines is 1. The molecule has 0 unspecified atom stereocenters. The summed E-state index contributed by atoms with van der Waals surface area (Å²) >= 11 is 0. The highest BCUT2D eigenvalue weighted by Crippen LogP contribution is 2.41. The van der Waals surface area contributed by atoms with Gasteiger partial charge in [-0.2, -0.15) is 0 Å². The number of amides is 2. The van der Waals surface area contributed by atoms with Gasteiger partial charge in [0.05, 0.1) is 6.61 Å². The van der Waals surface area contributed by atoms with Gasteiger partial charge in [-0.05, 0) is 42.0 Å². The lowest BCUT2D eigenvalue weighted by molar-refractivity contribution is -0.138. The summed E-state index contributed by atoms with van der Waals surface area (Å²) in [6, 6.07) is 6.39. The van der Waals surface area contributed by atoms with Crippen molar-refractivity contribution in [1.29, 1.82) is 0 Å². The van der Waals surface area contributed by atoms with Gasteiger partial charge in [-0.3, -0.25) is 14.9 Å². The van der Waals surface area contributed by atoms with Crippen LogP contribution in [-0.2, 0) is 16.0 Å². The van der Waals surface area contributed by atoms with Gasteiger partial charge in [0, 0.05) is 38.0 Å². The Morgan fingerprint density at radius 1 is 1.09 bits per heavy atom. The van der Waals surface area contributed by atoms with Gasteiger partial charge in [0.25, 0.3) is 0 Å². The molecule has 4 rings (SSSR count). The Balaban J connectivity index is 1.47. The average Bonchev–Trinajstić information content (AvgIpc) is 2.94. The molecule has 1 aromatic rings. The van der Waals surface area contributed by atoms with Crippen molar-refractivity contribution < 1.29 is 14.3 Å². The van der Waals surface area contributed by atoms with Crippen LogP contribution in [0.5, 0.6) is 5.75 Å². The van der Waals surface area contributed by atoms with Crippen molar-refractivity contribution in [2.75, 3.05) is 24.6 Å². The lowest BCUT2D eigenvalue weighted by Gasteiger charge is -2.43. The molecular formula is C17H20N2O3. The smallest absolute Gasteiger partial charge is 0.227 e. The standard InChI is InChI=1S/C17H20N2O3/c20-15-10-17(11-16(21)18-15)4-6-19(7-5-17)13-1-2-14-12(9-13)3-8-22-14/h1-2,9H,3-8,10-11H2,(H,18,20,21). The summed E-state index contributed by atoms with van der Waals surface area (Å²) in [7, 11) is 0. The van der Waals surface area contributed by atoms with Gasteiger partial charge < -0.3 is 9.64 Å². The fourth-order valence-electron chi connectivity index (χ4n) is 3.95.